The number of rotatable bonds is 1. The molecule has 18 heavy (non-hydrogen) atoms. The lowest BCUT2D eigenvalue weighted by molar-refractivity contribution is -0.125. The van der Waals surface area contributed by atoms with Crippen LogP contribution in [0.2, 0.25) is 0 Å². The van der Waals surface area contributed by atoms with Crippen molar-refractivity contribution in [3.63, 3.8) is 0 Å². The molecule has 2 N–H and O–H groups in total. The van der Waals surface area contributed by atoms with Crippen molar-refractivity contribution in [3.05, 3.63) is 0 Å². The van der Waals surface area contributed by atoms with Crippen molar-refractivity contribution >= 4 is 11.9 Å². The average Bonchev–Trinajstić information content (AvgIpc) is 2.54. The zero-order valence-corrected chi connectivity index (χ0v) is 12.0. The summed E-state index contributed by atoms with van der Waals surface area (Å²) in [6, 6.07) is 0. The predicted molar refractivity (Wildman–Crippen MR) is 73.4 cm³/mol. The Balaban J connectivity index is 2.07. The molecule has 0 aromatic heterocycles. The summed E-state index contributed by atoms with van der Waals surface area (Å²) in [5.41, 5.74) is -0.544. The van der Waals surface area contributed by atoms with Crippen LogP contribution in [0.15, 0.2) is 4.99 Å². The van der Waals surface area contributed by atoms with Crippen LogP contribution in [0, 0.1) is 5.92 Å². The Hall–Kier alpha value is -1.06. The van der Waals surface area contributed by atoms with Crippen LogP contribution < -0.4 is 10.6 Å². The Kier molecular flexibility index (Phi) is 3.39. The minimum absolute atomic E-state index is 0.0712. The summed E-state index contributed by atoms with van der Waals surface area (Å²) in [5.74, 6) is 1.52. The molecule has 0 atom stereocenters. The Morgan fingerprint density at radius 2 is 2.00 bits per heavy atom. The van der Waals surface area contributed by atoms with Gasteiger partial charge in [0.2, 0.25) is 0 Å². The van der Waals surface area contributed by atoms with Crippen LogP contribution in [-0.4, -0.2) is 22.9 Å². The first-order valence-electron chi connectivity index (χ1n) is 7.04. The minimum Gasteiger partial charge on any atom is -0.351 e. The van der Waals surface area contributed by atoms with Crippen LogP contribution in [0.4, 0.5) is 0 Å². The van der Waals surface area contributed by atoms with E-state index in [1.807, 2.05) is 0 Å². The quantitative estimate of drug-likeness (QED) is 0.750. The monoisotopic (exact) mass is 251 g/mol. The summed E-state index contributed by atoms with van der Waals surface area (Å²) in [7, 11) is 0. The highest BCUT2D eigenvalue weighted by atomic mass is 16.2. The van der Waals surface area contributed by atoms with Gasteiger partial charge in [0.15, 0.2) is 5.96 Å². The van der Waals surface area contributed by atoms with E-state index < -0.39 is 5.54 Å². The molecule has 0 aromatic rings. The molecule has 0 saturated heterocycles. The third-order valence-electron chi connectivity index (χ3n) is 3.98. The first-order valence-corrected chi connectivity index (χ1v) is 7.04. The van der Waals surface area contributed by atoms with E-state index in [0.29, 0.717) is 5.96 Å². The minimum atomic E-state index is -0.473. The number of hydrogen-bond donors (Lipinski definition) is 2. The first kappa shape index (κ1) is 13.4. The van der Waals surface area contributed by atoms with E-state index in [9.17, 15) is 4.79 Å². The van der Waals surface area contributed by atoms with Crippen molar-refractivity contribution in [1.29, 1.82) is 0 Å². The molecule has 2 aliphatic rings. The van der Waals surface area contributed by atoms with E-state index in [2.05, 4.69) is 43.3 Å². The Labute approximate surface area is 110 Å². The fourth-order valence-electron chi connectivity index (χ4n) is 2.83. The molecule has 0 bridgehead atoms. The van der Waals surface area contributed by atoms with Gasteiger partial charge in [-0.1, -0.05) is 13.3 Å². The van der Waals surface area contributed by atoms with Gasteiger partial charge in [-0.05, 0) is 52.4 Å². The molecule has 1 fully saturated rings. The molecule has 1 aliphatic carbocycles. The lowest BCUT2D eigenvalue weighted by Gasteiger charge is -2.32. The van der Waals surface area contributed by atoms with Gasteiger partial charge in [0, 0.05) is 5.54 Å². The molecule has 0 unspecified atom stereocenters. The van der Waals surface area contributed by atoms with Gasteiger partial charge in [0.25, 0.3) is 5.91 Å². The van der Waals surface area contributed by atoms with Gasteiger partial charge >= 0.3 is 0 Å². The summed E-state index contributed by atoms with van der Waals surface area (Å²) < 4.78 is 0. The normalized spacial score (nSPS) is 32.3. The van der Waals surface area contributed by atoms with Gasteiger partial charge in [-0.3, -0.25) is 10.1 Å². The number of carbonyl (C=O) groups excluding carboxylic acids is 1. The lowest BCUT2D eigenvalue weighted by atomic mass is 9.76. The maximum atomic E-state index is 12.2. The van der Waals surface area contributed by atoms with Crippen molar-refractivity contribution in [2.45, 2.75) is 70.9 Å². The molecule has 0 radical (unpaired) electrons. The smallest absolute Gasteiger partial charge is 0.254 e. The SMILES string of the molecule is CCC1CCC2(CC1)N=C(NC(C)(C)C)NC2=O. The van der Waals surface area contributed by atoms with E-state index >= 15 is 0 Å². The van der Waals surface area contributed by atoms with Crippen LogP contribution in [0.5, 0.6) is 0 Å². The molecule has 1 amide bonds. The van der Waals surface area contributed by atoms with Crippen LogP contribution in [0.1, 0.15) is 59.8 Å². The maximum Gasteiger partial charge on any atom is 0.254 e. The van der Waals surface area contributed by atoms with E-state index in [4.69, 9.17) is 0 Å². The standard InChI is InChI=1S/C14H25N3O/c1-5-10-6-8-14(9-7-10)11(18)15-12(17-14)16-13(2,3)4/h10H,5-9H2,1-4H3,(H2,15,16,17,18). The van der Waals surface area contributed by atoms with Gasteiger partial charge in [0.1, 0.15) is 5.54 Å². The predicted octanol–water partition coefficient (Wildman–Crippen LogP) is 2.20. The number of hydrogen-bond acceptors (Lipinski definition) is 3. The van der Waals surface area contributed by atoms with Gasteiger partial charge < -0.3 is 5.32 Å². The van der Waals surface area contributed by atoms with E-state index in [1.54, 1.807) is 0 Å². The number of nitrogens with one attached hydrogen (secondary N) is 2. The van der Waals surface area contributed by atoms with Crippen molar-refractivity contribution in [2.24, 2.45) is 10.9 Å². The van der Waals surface area contributed by atoms with Gasteiger partial charge in [-0.2, -0.15) is 0 Å². The molecular formula is C14H25N3O. The van der Waals surface area contributed by atoms with E-state index in [0.717, 1.165) is 31.6 Å². The number of amides is 1. The fraction of sp³-hybridized carbons (Fsp3) is 0.857. The summed E-state index contributed by atoms with van der Waals surface area (Å²) in [6.45, 7) is 8.44. The topological polar surface area (TPSA) is 53.5 Å². The van der Waals surface area contributed by atoms with Crippen molar-refractivity contribution in [3.8, 4) is 0 Å². The summed E-state index contributed by atoms with van der Waals surface area (Å²) in [6.07, 6.45) is 5.25. The summed E-state index contributed by atoms with van der Waals surface area (Å²) in [5, 5.41) is 6.17. The van der Waals surface area contributed by atoms with E-state index in [-0.39, 0.29) is 11.4 Å². The van der Waals surface area contributed by atoms with Crippen molar-refractivity contribution in [1.82, 2.24) is 10.6 Å². The van der Waals surface area contributed by atoms with Gasteiger partial charge in [0.05, 0.1) is 0 Å². The maximum absolute atomic E-state index is 12.2. The average molecular weight is 251 g/mol. The third kappa shape index (κ3) is 2.68. The zero-order chi connectivity index (χ0) is 13.4. The Bertz CT molecular complexity index is 360. The highest BCUT2D eigenvalue weighted by Crippen LogP contribution is 2.38. The molecule has 1 saturated carbocycles. The van der Waals surface area contributed by atoms with Gasteiger partial charge in [-0.15, -0.1) is 0 Å². The number of aliphatic imine (C=N–C) groups is 1. The van der Waals surface area contributed by atoms with Gasteiger partial charge in [-0.25, -0.2) is 4.99 Å². The largest absolute Gasteiger partial charge is 0.351 e. The molecule has 1 spiro atoms. The molecule has 2 rings (SSSR count). The van der Waals surface area contributed by atoms with Crippen LogP contribution >= 0.6 is 0 Å². The number of nitrogens with zero attached hydrogens (tertiary/aromatic N) is 1. The number of guanidine groups is 1. The molecule has 4 heteroatoms. The molecular weight excluding hydrogens is 226 g/mol. The van der Waals surface area contributed by atoms with Crippen LogP contribution in [0.3, 0.4) is 0 Å². The lowest BCUT2D eigenvalue weighted by Crippen LogP contribution is -2.48. The fourth-order valence-corrected chi connectivity index (χ4v) is 2.83. The Morgan fingerprint density at radius 1 is 1.39 bits per heavy atom. The van der Waals surface area contributed by atoms with Crippen molar-refractivity contribution in [2.75, 3.05) is 0 Å². The Morgan fingerprint density at radius 3 is 2.50 bits per heavy atom. The molecule has 0 aromatic carbocycles. The zero-order valence-electron chi connectivity index (χ0n) is 12.0. The second-order valence-electron chi connectivity index (χ2n) is 6.67. The van der Waals surface area contributed by atoms with E-state index in [1.165, 1.54) is 6.42 Å². The third-order valence-corrected chi connectivity index (χ3v) is 3.98. The second-order valence-corrected chi connectivity index (χ2v) is 6.67. The molecule has 4 nitrogen and oxygen atoms in total. The highest BCUT2D eigenvalue weighted by Gasteiger charge is 2.46. The summed E-state index contributed by atoms with van der Waals surface area (Å²) >= 11 is 0. The van der Waals surface area contributed by atoms with Crippen molar-refractivity contribution < 1.29 is 4.79 Å². The van der Waals surface area contributed by atoms with Crippen LogP contribution in [-0.2, 0) is 4.79 Å². The highest BCUT2D eigenvalue weighted by molar-refractivity contribution is 6.07. The summed E-state index contributed by atoms with van der Waals surface area (Å²) in [4.78, 5) is 16.8. The number of carbonyl (C=O) groups is 1. The molecule has 102 valence electrons. The molecule has 1 aliphatic heterocycles. The molecule has 1 heterocycles. The van der Waals surface area contributed by atoms with Crippen LogP contribution in [0.25, 0.3) is 0 Å². The second kappa shape index (κ2) is 4.56. The first-order chi connectivity index (χ1) is 8.35.